The first-order chi connectivity index (χ1) is 6.52. The smallest absolute Gasteiger partial charge is 0.250 e. The molecule has 0 radical (unpaired) electrons. The summed E-state index contributed by atoms with van der Waals surface area (Å²) in [5, 5.41) is 2.84. The molecule has 74 valence electrons. The van der Waals surface area contributed by atoms with Crippen LogP contribution < -0.4 is 5.32 Å². The van der Waals surface area contributed by atoms with E-state index >= 15 is 0 Å². The van der Waals surface area contributed by atoms with Gasteiger partial charge in [0.25, 0.3) is 5.91 Å². The number of nitrogens with one attached hydrogen (secondary N) is 1. The molecule has 0 bridgehead atoms. The SMILES string of the molecule is C=C(C)C(=O)Nc1c(C)cccc1C. The molecule has 0 spiro atoms. The highest BCUT2D eigenvalue weighted by molar-refractivity contribution is 6.03. The molecule has 1 amide bonds. The molecule has 0 unspecified atom stereocenters. The molecular weight excluding hydrogens is 174 g/mol. The molecule has 0 aliphatic carbocycles. The predicted octanol–water partition coefficient (Wildman–Crippen LogP) is 2.82. The summed E-state index contributed by atoms with van der Waals surface area (Å²) < 4.78 is 0. The Morgan fingerprint density at radius 3 is 2.21 bits per heavy atom. The molecule has 1 aromatic rings. The second-order valence-corrected chi connectivity index (χ2v) is 3.50. The fourth-order valence-electron chi connectivity index (χ4n) is 1.23. The van der Waals surface area contributed by atoms with Crippen LogP contribution in [0.5, 0.6) is 0 Å². The molecular formula is C12H15NO. The first-order valence-corrected chi connectivity index (χ1v) is 4.55. The second-order valence-electron chi connectivity index (χ2n) is 3.50. The van der Waals surface area contributed by atoms with E-state index in [0.29, 0.717) is 5.57 Å². The average molecular weight is 189 g/mol. The van der Waals surface area contributed by atoms with Crippen LogP contribution in [0.1, 0.15) is 18.1 Å². The minimum Gasteiger partial charge on any atom is -0.322 e. The van der Waals surface area contributed by atoms with Gasteiger partial charge in [0.1, 0.15) is 0 Å². The van der Waals surface area contributed by atoms with Gasteiger partial charge in [0, 0.05) is 11.3 Å². The highest BCUT2D eigenvalue weighted by Gasteiger charge is 2.06. The van der Waals surface area contributed by atoms with Gasteiger partial charge in [-0.05, 0) is 31.9 Å². The van der Waals surface area contributed by atoms with Crippen molar-refractivity contribution in [1.82, 2.24) is 0 Å². The number of benzene rings is 1. The Morgan fingerprint density at radius 1 is 1.29 bits per heavy atom. The summed E-state index contributed by atoms with van der Waals surface area (Å²) in [5.41, 5.74) is 3.55. The van der Waals surface area contributed by atoms with Crippen LogP contribution in [-0.4, -0.2) is 5.91 Å². The predicted molar refractivity (Wildman–Crippen MR) is 59.4 cm³/mol. The van der Waals surface area contributed by atoms with Gasteiger partial charge in [-0.3, -0.25) is 4.79 Å². The highest BCUT2D eigenvalue weighted by Crippen LogP contribution is 2.19. The standard InChI is InChI=1S/C12H15NO/c1-8(2)12(14)13-11-9(3)6-5-7-10(11)4/h5-7H,1H2,2-4H3,(H,13,14). The van der Waals surface area contributed by atoms with Gasteiger partial charge in [0.05, 0.1) is 0 Å². The van der Waals surface area contributed by atoms with Gasteiger partial charge >= 0.3 is 0 Å². The minimum atomic E-state index is -0.123. The van der Waals surface area contributed by atoms with Crippen molar-refractivity contribution in [1.29, 1.82) is 0 Å². The van der Waals surface area contributed by atoms with Gasteiger partial charge in [-0.25, -0.2) is 0 Å². The summed E-state index contributed by atoms with van der Waals surface area (Å²) >= 11 is 0. The van der Waals surface area contributed by atoms with Crippen LogP contribution in [0.15, 0.2) is 30.4 Å². The number of carbonyl (C=O) groups excluding carboxylic acids is 1. The van der Waals surface area contributed by atoms with Crippen molar-refractivity contribution >= 4 is 11.6 Å². The van der Waals surface area contributed by atoms with Crippen molar-refractivity contribution in [3.05, 3.63) is 41.5 Å². The van der Waals surface area contributed by atoms with E-state index in [1.54, 1.807) is 6.92 Å². The molecule has 2 heteroatoms. The molecule has 0 aromatic heterocycles. The Balaban J connectivity index is 2.97. The second kappa shape index (κ2) is 4.09. The van der Waals surface area contributed by atoms with Gasteiger partial charge in [0.15, 0.2) is 0 Å². The van der Waals surface area contributed by atoms with E-state index in [2.05, 4.69) is 11.9 Å². The Labute approximate surface area is 84.6 Å². The Morgan fingerprint density at radius 2 is 1.79 bits per heavy atom. The Bertz CT molecular complexity index is 360. The van der Waals surface area contributed by atoms with Gasteiger partial charge in [-0.2, -0.15) is 0 Å². The van der Waals surface area contributed by atoms with E-state index in [1.807, 2.05) is 32.0 Å². The molecule has 0 aliphatic rings. The first kappa shape index (κ1) is 10.5. The fourth-order valence-corrected chi connectivity index (χ4v) is 1.23. The number of anilines is 1. The summed E-state index contributed by atoms with van der Waals surface area (Å²) in [4.78, 5) is 11.4. The number of carbonyl (C=O) groups is 1. The van der Waals surface area contributed by atoms with E-state index in [0.717, 1.165) is 16.8 Å². The lowest BCUT2D eigenvalue weighted by Gasteiger charge is -2.10. The van der Waals surface area contributed by atoms with Crippen LogP contribution >= 0.6 is 0 Å². The summed E-state index contributed by atoms with van der Waals surface area (Å²) in [7, 11) is 0. The van der Waals surface area contributed by atoms with Crippen molar-refractivity contribution < 1.29 is 4.79 Å². The molecule has 0 heterocycles. The molecule has 2 nitrogen and oxygen atoms in total. The highest BCUT2D eigenvalue weighted by atomic mass is 16.1. The zero-order valence-corrected chi connectivity index (χ0v) is 8.85. The molecule has 0 fully saturated rings. The monoisotopic (exact) mass is 189 g/mol. The molecule has 14 heavy (non-hydrogen) atoms. The number of para-hydroxylation sites is 1. The third-order valence-corrected chi connectivity index (χ3v) is 2.11. The number of amides is 1. The number of hydrogen-bond acceptors (Lipinski definition) is 1. The molecule has 0 atom stereocenters. The van der Waals surface area contributed by atoms with Gasteiger partial charge in [-0.15, -0.1) is 0 Å². The van der Waals surface area contributed by atoms with Crippen LogP contribution in [0.3, 0.4) is 0 Å². The lowest BCUT2D eigenvalue weighted by molar-refractivity contribution is -0.112. The molecule has 0 saturated heterocycles. The van der Waals surface area contributed by atoms with Crippen LogP contribution in [0.4, 0.5) is 5.69 Å². The lowest BCUT2D eigenvalue weighted by Crippen LogP contribution is -2.13. The van der Waals surface area contributed by atoms with Crippen molar-refractivity contribution in [2.24, 2.45) is 0 Å². The molecule has 1 N–H and O–H groups in total. The van der Waals surface area contributed by atoms with Crippen molar-refractivity contribution in [3.8, 4) is 0 Å². The van der Waals surface area contributed by atoms with E-state index < -0.39 is 0 Å². The van der Waals surface area contributed by atoms with E-state index in [1.165, 1.54) is 0 Å². The van der Waals surface area contributed by atoms with E-state index in [9.17, 15) is 4.79 Å². The largest absolute Gasteiger partial charge is 0.322 e. The molecule has 1 rings (SSSR count). The normalized spacial score (nSPS) is 9.64. The molecule has 0 aliphatic heterocycles. The van der Waals surface area contributed by atoms with Gasteiger partial charge < -0.3 is 5.32 Å². The van der Waals surface area contributed by atoms with Crippen molar-refractivity contribution in [2.45, 2.75) is 20.8 Å². The van der Waals surface area contributed by atoms with E-state index in [4.69, 9.17) is 0 Å². The molecule has 0 saturated carbocycles. The third-order valence-electron chi connectivity index (χ3n) is 2.11. The van der Waals surface area contributed by atoms with Gasteiger partial charge in [0.2, 0.25) is 0 Å². The third kappa shape index (κ3) is 2.22. The topological polar surface area (TPSA) is 29.1 Å². The zero-order chi connectivity index (χ0) is 10.7. The summed E-state index contributed by atoms with van der Waals surface area (Å²) in [6.45, 7) is 9.24. The molecule has 1 aromatic carbocycles. The van der Waals surface area contributed by atoms with E-state index in [-0.39, 0.29) is 5.91 Å². The summed E-state index contributed by atoms with van der Waals surface area (Å²) in [5.74, 6) is -0.123. The fraction of sp³-hybridized carbons (Fsp3) is 0.250. The number of hydrogen-bond donors (Lipinski definition) is 1. The van der Waals surface area contributed by atoms with Crippen LogP contribution in [0.25, 0.3) is 0 Å². The van der Waals surface area contributed by atoms with Gasteiger partial charge in [-0.1, -0.05) is 24.8 Å². The number of rotatable bonds is 2. The Kier molecular flexibility index (Phi) is 3.07. The van der Waals surface area contributed by atoms with Crippen molar-refractivity contribution in [2.75, 3.05) is 5.32 Å². The summed E-state index contributed by atoms with van der Waals surface area (Å²) in [6.07, 6.45) is 0. The number of aryl methyl sites for hydroxylation is 2. The zero-order valence-electron chi connectivity index (χ0n) is 8.85. The summed E-state index contributed by atoms with van der Waals surface area (Å²) in [6, 6.07) is 5.92. The quantitative estimate of drug-likeness (QED) is 0.712. The van der Waals surface area contributed by atoms with Crippen LogP contribution in [0, 0.1) is 13.8 Å². The maximum absolute atomic E-state index is 11.4. The minimum absolute atomic E-state index is 0.123. The average Bonchev–Trinajstić information content (AvgIpc) is 2.11. The van der Waals surface area contributed by atoms with Crippen molar-refractivity contribution in [3.63, 3.8) is 0 Å². The maximum atomic E-state index is 11.4. The maximum Gasteiger partial charge on any atom is 0.250 e. The first-order valence-electron chi connectivity index (χ1n) is 4.55. The lowest BCUT2D eigenvalue weighted by atomic mass is 10.1. The Hall–Kier alpha value is -1.57. The van der Waals surface area contributed by atoms with Crippen LogP contribution in [-0.2, 0) is 4.79 Å². The van der Waals surface area contributed by atoms with Crippen LogP contribution in [0.2, 0.25) is 0 Å².